The second kappa shape index (κ2) is 10.0. The van der Waals surface area contributed by atoms with Crippen LogP contribution < -0.4 is 5.32 Å². The first-order valence-corrected chi connectivity index (χ1v) is 12.1. The maximum atomic E-state index is 13.2. The maximum Gasteiger partial charge on any atom is 0.287 e. The summed E-state index contributed by atoms with van der Waals surface area (Å²) in [6.45, 7) is 1.17. The minimum Gasteiger partial charge on any atom is -0.451 e. The van der Waals surface area contributed by atoms with Gasteiger partial charge in [-0.2, -0.15) is 0 Å². The van der Waals surface area contributed by atoms with E-state index in [1.807, 2.05) is 29.2 Å². The fourth-order valence-corrected chi connectivity index (χ4v) is 4.91. The number of furan rings is 1. The smallest absolute Gasteiger partial charge is 0.287 e. The van der Waals surface area contributed by atoms with Gasteiger partial charge in [0, 0.05) is 66.2 Å². The first kappa shape index (κ1) is 22.1. The molecule has 2 amide bonds. The largest absolute Gasteiger partial charge is 0.451 e. The first-order valence-electron chi connectivity index (χ1n) is 11.1. The van der Waals surface area contributed by atoms with Gasteiger partial charge in [0.1, 0.15) is 5.58 Å². The van der Waals surface area contributed by atoms with Crippen LogP contribution in [-0.4, -0.2) is 50.8 Å². The molecule has 0 spiro atoms. The molecule has 8 nitrogen and oxygen atoms in total. The summed E-state index contributed by atoms with van der Waals surface area (Å²) in [7, 11) is 0. The quantitative estimate of drug-likeness (QED) is 0.334. The van der Waals surface area contributed by atoms with Crippen LogP contribution in [0.4, 0.5) is 0 Å². The molecule has 1 N–H and O–H groups in total. The zero-order chi connectivity index (χ0) is 23.3. The Morgan fingerprint density at radius 1 is 1.00 bits per heavy atom. The Labute approximate surface area is 200 Å². The van der Waals surface area contributed by atoms with Crippen LogP contribution in [0.25, 0.3) is 11.0 Å². The summed E-state index contributed by atoms with van der Waals surface area (Å²) >= 11 is 1.46. The molecule has 1 aromatic carbocycles. The minimum absolute atomic E-state index is 0.00750. The lowest BCUT2D eigenvalue weighted by atomic mass is 10.0. The van der Waals surface area contributed by atoms with Crippen molar-refractivity contribution in [1.29, 1.82) is 0 Å². The van der Waals surface area contributed by atoms with Gasteiger partial charge in [-0.05, 0) is 37.1 Å². The van der Waals surface area contributed by atoms with E-state index in [0.29, 0.717) is 53.7 Å². The summed E-state index contributed by atoms with van der Waals surface area (Å²) in [5.74, 6) is 0.592. The van der Waals surface area contributed by atoms with E-state index in [2.05, 4.69) is 20.3 Å². The highest BCUT2D eigenvalue weighted by Gasteiger charge is 2.27. The van der Waals surface area contributed by atoms with E-state index < -0.39 is 0 Å². The predicted octanol–water partition coefficient (Wildman–Crippen LogP) is 3.94. The van der Waals surface area contributed by atoms with E-state index in [0.717, 1.165) is 10.9 Å². The molecule has 5 rings (SSSR count). The Morgan fingerprint density at radius 3 is 2.50 bits per heavy atom. The number of amides is 2. The van der Waals surface area contributed by atoms with Gasteiger partial charge >= 0.3 is 0 Å². The number of fused-ring (bicyclic) bond motifs is 1. The summed E-state index contributed by atoms with van der Waals surface area (Å²) in [6.07, 6.45) is 8.00. The number of rotatable bonds is 6. The number of piperidine rings is 1. The molecule has 4 aromatic rings. The third kappa shape index (κ3) is 4.79. The number of para-hydroxylation sites is 1. The molecule has 0 bridgehead atoms. The Balaban J connectivity index is 1.26. The van der Waals surface area contributed by atoms with Crippen molar-refractivity contribution in [2.45, 2.75) is 29.8 Å². The number of carbonyl (C=O) groups is 2. The highest BCUT2D eigenvalue weighted by Crippen LogP contribution is 2.31. The van der Waals surface area contributed by atoms with Crippen LogP contribution in [-0.2, 0) is 5.75 Å². The Hall–Kier alpha value is -3.72. The van der Waals surface area contributed by atoms with E-state index in [4.69, 9.17) is 4.42 Å². The van der Waals surface area contributed by atoms with Gasteiger partial charge in [-0.1, -0.05) is 30.0 Å². The molecule has 0 radical (unpaired) electrons. The third-order valence-corrected chi connectivity index (χ3v) is 6.74. The van der Waals surface area contributed by atoms with Crippen LogP contribution >= 0.6 is 11.8 Å². The lowest BCUT2D eigenvalue weighted by Gasteiger charge is -2.32. The van der Waals surface area contributed by atoms with Crippen LogP contribution in [0.5, 0.6) is 0 Å². The van der Waals surface area contributed by atoms with Gasteiger partial charge in [-0.15, -0.1) is 0 Å². The molecule has 1 saturated heterocycles. The average Bonchev–Trinajstić information content (AvgIpc) is 3.27. The van der Waals surface area contributed by atoms with Crippen molar-refractivity contribution < 1.29 is 14.0 Å². The molecule has 4 heterocycles. The third-order valence-electron chi connectivity index (χ3n) is 5.84. The lowest BCUT2D eigenvalue weighted by molar-refractivity contribution is 0.0695. The molecule has 34 heavy (non-hydrogen) atoms. The zero-order valence-electron chi connectivity index (χ0n) is 18.4. The number of carbonyl (C=O) groups excluding carboxylic acids is 2. The number of thioether (sulfide) groups is 1. The van der Waals surface area contributed by atoms with Crippen LogP contribution in [0.15, 0.2) is 76.8 Å². The fraction of sp³-hybridized carbons (Fsp3) is 0.240. The second-order valence-corrected chi connectivity index (χ2v) is 8.94. The van der Waals surface area contributed by atoms with Crippen molar-refractivity contribution in [2.75, 3.05) is 13.1 Å². The lowest BCUT2D eigenvalue weighted by Crippen LogP contribution is -2.46. The summed E-state index contributed by atoms with van der Waals surface area (Å²) in [4.78, 5) is 40.2. The molecule has 0 atom stereocenters. The second-order valence-electron chi connectivity index (χ2n) is 8.00. The van der Waals surface area contributed by atoms with Gasteiger partial charge in [0.2, 0.25) is 0 Å². The number of likely N-dealkylation sites (tertiary alicyclic amines) is 1. The standard InChI is InChI=1S/C25H23N5O3S/c31-23(29-18-8-14-30(15-9-18)24(32)17-6-12-26-13-7-17)22-20(16-34-25-27-10-3-11-28-25)19-4-1-2-5-21(19)33-22/h1-7,10-13,18H,8-9,14-16H2,(H,29,31). The van der Waals surface area contributed by atoms with Crippen molar-refractivity contribution in [3.05, 3.63) is 84.1 Å². The zero-order valence-corrected chi connectivity index (χ0v) is 19.2. The highest BCUT2D eigenvalue weighted by atomic mass is 32.2. The van der Waals surface area contributed by atoms with E-state index >= 15 is 0 Å². The number of nitrogens with one attached hydrogen (secondary N) is 1. The number of hydrogen-bond donors (Lipinski definition) is 1. The van der Waals surface area contributed by atoms with Gasteiger partial charge in [0.15, 0.2) is 10.9 Å². The highest BCUT2D eigenvalue weighted by molar-refractivity contribution is 7.98. The SMILES string of the molecule is O=C(NC1CCN(C(=O)c2ccncc2)CC1)c1oc2ccccc2c1CSc1ncccn1. The molecule has 1 fully saturated rings. The topological polar surface area (TPSA) is 101 Å². The molecule has 1 aliphatic heterocycles. The number of hydrogen-bond acceptors (Lipinski definition) is 7. The molecule has 0 unspecified atom stereocenters. The van der Waals surface area contributed by atoms with Gasteiger partial charge in [-0.25, -0.2) is 9.97 Å². The van der Waals surface area contributed by atoms with Crippen molar-refractivity contribution in [3.63, 3.8) is 0 Å². The van der Waals surface area contributed by atoms with Gasteiger partial charge in [0.05, 0.1) is 0 Å². The van der Waals surface area contributed by atoms with Gasteiger partial charge in [0.25, 0.3) is 11.8 Å². The van der Waals surface area contributed by atoms with Crippen molar-refractivity contribution in [1.82, 2.24) is 25.2 Å². The van der Waals surface area contributed by atoms with Crippen LogP contribution in [0.3, 0.4) is 0 Å². The van der Waals surface area contributed by atoms with E-state index in [1.54, 1.807) is 43.0 Å². The number of aromatic nitrogens is 3. The van der Waals surface area contributed by atoms with E-state index in [-0.39, 0.29) is 17.9 Å². The normalized spacial score (nSPS) is 14.3. The van der Waals surface area contributed by atoms with Crippen LogP contribution in [0, 0.1) is 0 Å². The number of pyridine rings is 1. The number of benzene rings is 1. The molecule has 172 valence electrons. The van der Waals surface area contributed by atoms with Crippen molar-refractivity contribution in [2.24, 2.45) is 0 Å². The molecule has 0 saturated carbocycles. The summed E-state index contributed by atoms with van der Waals surface area (Å²) < 4.78 is 5.97. The van der Waals surface area contributed by atoms with Crippen LogP contribution in [0.2, 0.25) is 0 Å². The molecular weight excluding hydrogens is 450 g/mol. The monoisotopic (exact) mass is 473 g/mol. The Kier molecular flexibility index (Phi) is 6.53. The molecule has 3 aromatic heterocycles. The summed E-state index contributed by atoms with van der Waals surface area (Å²) in [5.41, 5.74) is 2.13. The first-order chi connectivity index (χ1) is 16.7. The Morgan fingerprint density at radius 2 is 1.74 bits per heavy atom. The van der Waals surface area contributed by atoms with Crippen LogP contribution in [0.1, 0.15) is 39.3 Å². The number of nitrogens with zero attached hydrogens (tertiary/aromatic N) is 4. The van der Waals surface area contributed by atoms with E-state index in [9.17, 15) is 9.59 Å². The maximum absolute atomic E-state index is 13.2. The molecule has 9 heteroatoms. The molecular formula is C25H23N5O3S. The fourth-order valence-electron chi connectivity index (χ4n) is 4.08. The van der Waals surface area contributed by atoms with Gasteiger partial charge in [-0.3, -0.25) is 14.6 Å². The molecule has 1 aliphatic rings. The summed E-state index contributed by atoms with van der Waals surface area (Å²) in [6, 6.07) is 12.8. The van der Waals surface area contributed by atoms with Crippen molar-refractivity contribution >= 4 is 34.5 Å². The average molecular weight is 474 g/mol. The van der Waals surface area contributed by atoms with E-state index in [1.165, 1.54) is 11.8 Å². The predicted molar refractivity (Wildman–Crippen MR) is 128 cm³/mol. The molecule has 0 aliphatic carbocycles. The van der Waals surface area contributed by atoms with Gasteiger partial charge < -0.3 is 14.6 Å². The summed E-state index contributed by atoms with van der Waals surface area (Å²) in [5, 5.41) is 4.67. The minimum atomic E-state index is -0.236. The Bertz CT molecular complexity index is 1290. The van der Waals surface area contributed by atoms with Crippen molar-refractivity contribution in [3.8, 4) is 0 Å².